The smallest absolute Gasteiger partial charge is 0.339 e. The Kier molecular flexibility index (Phi) is 6.61. The van der Waals surface area contributed by atoms with Gasteiger partial charge in [-0.05, 0) is 35.4 Å². The van der Waals surface area contributed by atoms with E-state index >= 15 is 0 Å². The number of aromatic nitrogens is 1. The molecule has 1 N–H and O–H groups in total. The summed E-state index contributed by atoms with van der Waals surface area (Å²) in [4.78, 5) is 26.0. The average molecular weight is 437 g/mol. The van der Waals surface area contributed by atoms with Crippen molar-refractivity contribution in [2.24, 2.45) is 0 Å². The van der Waals surface area contributed by atoms with Gasteiger partial charge in [0.2, 0.25) is 0 Å². The molecule has 8 heteroatoms. The Labute approximate surface area is 179 Å². The van der Waals surface area contributed by atoms with Gasteiger partial charge in [-0.1, -0.05) is 42.5 Å². The van der Waals surface area contributed by atoms with Crippen molar-refractivity contribution in [3.05, 3.63) is 95.8 Å². The lowest BCUT2D eigenvalue weighted by atomic mass is 9.97. The van der Waals surface area contributed by atoms with Crippen LogP contribution in [0.3, 0.4) is 0 Å². The number of carboxylic acid groups (broad SMARTS) is 1. The molecule has 0 spiro atoms. The average Bonchev–Trinajstić information content (AvgIpc) is 3.16. The highest BCUT2D eigenvalue weighted by Crippen LogP contribution is 2.33. The lowest BCUT2D eigenvalue weighted by Crippen LogP contribution is -1.98. The summed E-state index contributed by atoms with van der Waals surface area (Å²) in [7, 11) is -3.23. The third-order valence-corrected chi connectivity index (χ3v) is 5.58. The number of benzene rings is 2. The lowest BCUT2D eigenvalue weighted by molar-refractivity contribution is -0.133. The van der Waals surface area contributed by atoms with E-state index in [1.165, 1.54) is 24.7 Å². The number of sulfone groups is 1. The van der Waals surface area contributed by atoms with Crippen LogP contribution in [0, 0.1) is 0 Å². The molecule has 2 heterocycles. The van der Waals surface area contributed by atoms with Gasteiger partial charge >= 0.3 is 11.9 Å². The Morgan fingerprint density at radius 3 is 2.16 bits per heavy atom. The maximum Gasteiger partial charge on any atom is 0.339 e. The van der Waals surface area contributed by atoms with E-state index in [1.807, 2.05) is 30.3 Å². The second kappa shape index (κ2) is 9.36. The molecule has 31 heavy (non-hydrogen) atoms. The molecule has 7 nitrogen and oxygen atoms in total. The molecule has 0 radical (unpaired) electrons. The topological polar surface area (TPSA) is 111 Å². The summed E-state index contributed by atoms with van der Waals surface area (Å²) < 4.78 is 28.2. The van der Waals surface area contributed by atoms with Crippen LogP contribution in [0.15, 0.2) is 84.0 Å². The zero-order chi connectivity index (χ0) is 22.4. The number of carbonyl (C=O) groups excluding carboxylic acids is 1. The summed E-state index contributed by atoms with van der Waals surface area (Å²) in [6.45, 7) is 0.196. The van der Waals surface area contributed by atoms with Crippen LogP contribution in [0.4, 0.5) is 0 Å². The fraction of sp³-hybridized carbons (Fsp3) is 0.0870. The second-order valence-electron chi connectivity index (χ2n) is 6.64. The Bertz CT molecular complexity index is 1220. The number of cyclic esters (lactones) is 1. The van der Waals surface area contributed by atoms with Crippen molar-refractivity contribution in [3.63, 3.8) is 0 Å². The van der Waals surface area contributed by atoms with Crippen LogP contribution in [0.1, 0.15) is 21.5 Å². The monoisotopic (exact) mass is 437 g/mol. The van der Waals surface area contributed by atoms with Crippen LogP contribution in [-0.2, 0) is 19.4 Å². The summed E-state index contributed by atoms with van der Waals surface area (Å²) in [6, 6.07) is 18.9. The summed E-state index contributed by atoms with van der Waals surface area (Å²) in [5.41, 5.74) is 3.12. The fourth-order valence-electron chi connectivity index (χ4n) is 2.92. The molecule has 0 fully saturated rings. The third-order valence-electron chi connectivity index (χ3n) is 4.46. The van der Waals surface area contributed by atoms with E-state index in [-0.39, 0.29) is 23.0 Å². The molecule has 4 rings (SSSR count). The molecule has 0 saturated heterocycles. The van der Waals surface area contributed by atoms with Crippen LogP contribution >= 0.6 is 0 Å². The molecule has 1 aromatic heterocycles. The molecule has 0 aliphatic carbocycles. The van der Waals surface area contributed by atoms with Crippen LogP contribution in [-0.4, -0.2) is 43.3 Å². The molecular weight excluding hydrogens is 418 g/mol. The van der Waals surface area contributed by atoms with E-state index < -0.39 is 15.8 Å². The van der Waals surface area contributed by atoms with Gasteiger partial charge in [-0.2, -0.15) is 0 Å². The highest BCUT2D eigenvalue weighted by Gasteiger charge is 2.27. The minimum absolute atomic E-state index is 0.196. The summed E-state index contributed by atoms with van der Waals surface area (Å²) in [5, 5.41) is 8.34. The first-order valence-corrected chi connectivity index (χ1v) is 11.1. The Balaban J connectivity index is 0.000000254. The molecule has 0 bridgehead atoms. The van der Waals surface area contributed by atoms with Crippen molar-refractivity contribution in [1.29, 1.82) is 0 Å². The van der Waals surface area contributed by atoms with Crippen molar-refractivity contribution in [2.45, 2.75) is 4.90 Å². The maximum absolute atomic E-state index is 12.0. The number of hydrogen-bond acceptors (Lipinski definition) is 6. The summed E-state index contributed by atoms with van der Waals surface area (Å²) in [6.07, 6.45) is 4.01. The second-order valence-corrected chi connectivity index (χ2v) is 8.65. The van der Waals surface area contributed by atoms with Crippen LogP contribution in [0.5, 0.6) is 0 Å². The van der Waals surface area contributed by atoms with Gasteiger partial charge in [0, 0.05) is 24.2 Å². The van der Waals surface area contributed by atoms with Gasteiger partial charge in [-0.15, -0.1) is 0 Å². The van der Waals surface area contributed by atoms with E-state index in [4.69, 9.17) is 9.84 Å². The SMILES string of the molecule is CS(=O)(=O)c1ccc(C2=C(c3ccccc3)C(=O)OC2)cc1.O=C(O)c1cccnc1. The van der Waals surface area contributed by atoms with E-state index in [0.29, 0.717) is 5.57 Å². The Hall–Kier alpha value is -3.78. The van der Waals surface area contributed by atoms with E-state index in [0.717, 1.165) is 16.7 Å². The number of rotatable bonds is 4. The zero-order valence-electron chi connectivity index (χ0n) is 16.6. The van der Waals surface area contributed by atoms with Crippen molar-refractivity contribution in [2.75, 3.05) is 12.9 Å². The third kappa shape index (κ3) is 5.43. The molecule has 0 atom stereocenters. The molecule has 1 aliphatic heterocycles. The van der Waals surface area contributed by atoms with Crippen LogP contribution < -0.4 is 0 Å². The highest BCUT2D eigenvalue weighted by atomic mass is 32.2. The first-order valence-electron chi connectivity index (χ1n) is 9.17. The molecule has 0 amide bonds. The van der Waals surface area contributed by atoms with Crippen molar-refractivity contribution >= 4 is 32.9 Å². The Morgan fingerprint density at radius 1 is 0.968 bits per heavy atom. The summed E-state index contributed by atoms with van der Waals surface area (Å²) in [5.74, 6) is -1.29. The van der Waals surface area contributed by atoms with Gasteiger partial charge in [0.25, 0.3) is 0 Å². The van der Waals surface area contributed by atoms with Crippen LogP contribution in [0.25, 0.3) is 11.1 Å². The van der Waals surface area contributed by atoms with Gasteiger partial charge < -0.3 is 9.84 Å². The standard InChI is InChI=1S/C17H14O4S.C6H5NO2/c1-22(19,20)14-9-7-12(8-10-14)15-11-21-17(18)16(15)13-5-3-2-4-6-13;8-6(9)5-2-1-3-7-4-5/h2-10H,11H2,1H3;1-4H,(H,8,9). The van der Waals surface area contributed by atoms with Crippen molar-refractivity contribution < 1.29 is 27.9 Å². The molecular formula is C23H19NO6S. The number of hydrogen-bond donors (Lipinski definition) is 1. The van der Waals surface area contributed by atoms with Gasteiger partial charge in [0.05, 0.1) is 16.0 Å². The van der Waals surface area contributed by atoms with E-state index in [2.05, 4.69) is 4.98 Å². The molecule has 3 aromatic rings. The number of carboxylic acids is 1. The minimum Gasteiger partial charge on any atom is -0.478 e. The number of esters is 1. The quantitative estimate of drug-likeness (QED) is 0.623. The largest absolute Gasteiger partial charge is 0.478 e. The fourth-order valence-corrected chi connectivity index (χ4v) is 3.55. The maximum atomic E-state index is 12.0. The Morgan fingerprint density at radius 2 is 1.65 bits per heavy atom. The first kappa shape index (κ1) is 21.9. The number of pyridine rings is 1. The molecule has 0 saturated carbocycles. The van der Waals surface area contributed by atoms with Crippen molar-refractivity contribution in [1.82, 2.24) is 4.98 Å². The first-order chi connectivity index (χ1) is 14.8. The van der Waals surface area contributed by atoms with Gasteiger partial charge in [-0.3, -0.25) is 4.98 Å². The predicted octanol–water partition coefficient (Wildman–Crippen LogP) is 3.34. The predicted molar refractivity (Wildman–Crippen MR) is 115 cm³/mol. The van der Waals surface area contributed by atoms with Crippen LogP contribution in [0.2, 0.25) is 0 Å². The lowest BCUT2D eigenvalue weighted by Gasteiger charge is -2.05. The normalized spacial score (nSPS) is 13.3. The number of aromatic carboxylic acids is 1. The number of nitrogens with zero attached hydrogens (tertiary/aromatic N) is 1. The van der Waals surface area contributed by atoms with E-state index in [1.54, 1.807) is 30.3 Å². The van der Waals surface area contributed by atoms with Gasteiger partial charge in [0.1, 0.15) is 6.61 Å². The molecule has 0 unspecified atom stereocenters. The summed E-state index contributed by atoms with van der Waals surface area (Å²) >= 11 is 0. The van der Waals surface area contributed by atoms with E-state index in [9.17, 15) is 18.0 Å². The molecule has 2 aromatic carbocycles. The number of ether oxygens (including phenoxy) is 1. The van der Waals surface area contributed by atoms with Gasteiger partial charge in [0.15, 0.2) is 9.84 Å². The number of carbonyl (C=O) groups is 2. The van der Waals surface area contributed by atoms with Crippen molar-refractivity contribution in [3.8, 4) is 0 Å². The molecule has 1 aliphatic rings. The zero-order valence-corrected chi connectivity index (χ0v) is 17.4. The minimum atomic E-state index is -3.23. The van der Waals surface area contributed by atoms with Gasteiger partial charge in [-0.25, -0.2) is 18.0 Å². The molecule has 158 valence electrons. The highest BCUT2D eigenvalue weighted by molar-refractivity contribution is 7.90.